The second kappa shape index (κ2) is 9.41. The third-order valence-electron chi connectivity index (χ3n) is 5.56. The van der Waals surface area contributed by atoms with Gasteiger partial charge in [0.05, 0.1) is 5.75 Å². The Balaban J connectivity index is 1.92. The fraction of sp³-hybridized carbons (Fsp3) is 0.750. The van der Waals surface area contributed by atoms with Gasteiger partial charge in [-0.05, 0) is 36.1 Å². The third-order valence-corrected chi connectivity index (χ3v) is 7.62. The number of hydrogen-bond acceptors (Lipinski definition) is 4. The van der Waals surface area contributed by atoms with Gasteiger partial charge < -0.3 is 10.6 Å². The average molecular weight is 414 g/mol. The van der Waals surface area contributed by atoms with E-state index in [9.17, 15) is 8.42 Å². The minimum atomic E-state index is -2.93. The molecule has 0 spiro atoms. The summed E-state index contributed by atoms with van der Waals surface area (Å²) in [5, 5.41) is 9.11. The SMILES string of the molecule is CN=C(NCC(C)(C)CCS(C)(=O)=O)NCC1(c2cccs2)CCCCC1. The predicted molar refractivity (Wildman–Crippen MR) is 117 cm³/mol. The Bertz CT molecular complexity index is 704. The standard InChI is InChI=1S/C20H35N3O2S2/c1-19(2,12-14-27(4,24)25)15-22-18(21-3)23-16-20(10-6-5-7-11-20)17-9-8-13-26-17/h8-9,13H,5-7,10-12,14-16H2,1-4H3,(H2,21,22,23). The van der Waals surface area contributed by atoms with Crippen molar-refractivity contribution in [3.8, 4) is 0 Å². The van der Waals surface area contributed by atoms with E-state index in [0.717, 1.165) is 12.5 Å². The zero-order valence-electron chi connectivity index (χ0n) is 17.2. The van der Waals surface area contributed by atoms with Gasteiger partial charge in [0, 0.05) is 36.7 Å². The van der Waals surface area contributed by atoms with Crippen LogP contribution < -0.4 is 10.6 Å². The highest BCUT2D eigenvalue weighted by atomic mass is 32.2. The largest absolute Gasteiger partial charge is 0.356 e. The van der Waals surface area contributed by atoms with Gasteiger partial charge in [-0.3, -0.25) is 4.99 Å². The van der Waals surface area contributed by atoms with Gasteiger partial charge in [-0.25, -0.2) is 8.42 Å². The number of hydrogen-bond donors (Lipinski definition) is 2. The van der Waals surface area contributed by atoms with Crippen molar-refractivity contribution in [1.82, 2.24) is 10.6 Å². The van der Waals surface area contributed by atoms with Gasteiger partial charge in [0.25, 0.3) is 0 Å². The Labute approximate surface area is 169 Å². The summed E-state index contributed by atoms with van der Waals surface area (Å²) in [5.41, 5.74) is 0.0901. The number of sulfone groups is 1. The minimum Gasteiger partial charge on any atom is -0.356 e. The van der Waals surface area contributed by atoms with Crippen LogP contribution in [0.3, 0.4) is 0 Å². The van der Waals surface area contributed by atoms with Crippen LogP contribution in [0.5, 0.6) is 0 Å². The summed E-state index contributed by atoms with van der Waals surface area (Å²) in [7, 11) is -1.14. The Hall–Kier alpha value is -1.08. The minimum absolute atomic E-state index is 0.114. The first-order chi connectivity index (χ1) is 12.7. The smallest absolute Gasteiger partial charge is 0.191 e. The number of nitrogens with one attached hydrogen (secondary N) is 2. The van der Waals surface area contributed by atoms with E-state index in [4.69, 9.17) is 0 Å². The molecular formula is C20H35N3O2S2. The molecule has 7 heteroatoms. The molecule has 0 saturated heterocycles. The molecule has 27 heavy (non-hydrogen) atoms. The molecule has 0 atom stereocenters. The molecule has 2 rings (SSSR count). The molecule has 1 aliphatic rings. The molecule has 1 aromatic rings. The molecule has 1 aromatic heterocycles. The number of aliphatic imine (C=N–C) groups is 1. The van der Waals surface area contributed by atoms with Crippen molar-refractivity contribution in [2.24, 2.45) is 10.4 Å². The van der Waals surface area contributed by atoms with Gasteiger partial charge in [-0.15, -0.1) is 11.3 Å². The second-order valence-electron chi connectivity index (χ2n) is 8.64. The zero-order valence-corrected chi connectivity index (χ0v) is 18.8. The lowest BCUT2D eigenvalue weighted by Gasteiger charge is -2.37. The van der Waals surface area contributed by atoms with Crippen molar-refractivity contribution in [3.63, 3.8) is 0 Å². The van der Waals surface area contributed by atoms with Crippen LogP contribution in [-0.2, 0) is 15.3 Å². The van der Waals surface area contributed by atoms with E-state index in [2.05, 4.69) is 47.0 Å². The fourth-order valence-electron chi connectivity index (χ4n) is 3.67. The highest BCUT2D eigenvalue weighted by molar-refractivity contribution is 7.90. The first kappa shape index (κ1) is 22.2. The van der Waals surface area contributed by atoms with Gasteiger partial charge in [-0.1, -0.05) is 39.2 Å². The lowest BCUT2D eigenvalue weighted by molar-refractivity contribution is 0.295. The summed E-state index contributed by atoms with van der Waals surface area (Å²) in [6.45, 7) is 5.75. The number of thiophene rings is 1. The summed E-state index contributed by atoms with van der Waals surface area (Å²) in [4.78, 5) is 5.85. The van der Waals surface area contributed by atoms with E-state index in [-0.39, 0.29) is 16.6 Å². The molecule has 0 unspecified atom stereocenters. The first-order valence-electron chi connectivity index (χ1n) is 9.82. The third kappa shape index (κ3) is 7.11. The summed E-state index contributed by atoms with van der Waals surface area (Å²) < 4.78 is 22.9. The molecule has 0 amide bonds. The Morgan fingerprint density at radius 2 is 1.96 bits per heavy atom. The highest BCUT2D eigenvalue weighted by Crippen LogP contribution is 2.41. The average Bonchev–Trinajstić information content (AvgIpc) is 3.16. The topological polar surface area (TPSA) is 70.6 Å². The molecular weight excluding hydrogens is 378 g/mol. The van der Waals surface area contributed by atoms with Gasteiger partial charge in [-0.2, -0.15) is 0 Å². The van der Waals surface area contributed by atoms with Crippen LogP contribution >= 0.6 is 11.3 Å². The Morgan fingerprint density at radius 3 is 2.52 bits per heavy atom. The summed E-state index contributed by atoms with van der Waals surface area (Å²) in [6.07, 6.45) is 8.26. The van der Waals surface area contributed by atoms with Crippen LogP contribution in [0.1, 0.15) is 57.2 Å². The van der Waals surface area contributed by atoms with Crippen molar-refractivity contribution in [3.05, 3.63) is 22.4 Å². The van der Waals surface area contributed by atoms with Crippen molar-refractivity contribution in [2.45, 2.75) is 57.8 Å². The molecule has 0 radical (unpaired) electrons. The van der Waals surface area contributed by atoms with Crippen molar-refractivity contribution in [1.29, 1.82) is 0 Å². The molecule has 1 heterocycles. The van der Waals surface area contributed by atoms with E-state index in [1.54, 1.807) is 7.05 Å². The van der Waals surface area contributed by atoms with E-state index < -0.39 is 9.84 Å². The molecule has 0 bridgehead atoms. The molecule has 2 N–H and O–H groups in total. The van der Waals surface area contributed by atoms with Crippen molar-refractivity contribution in [2.75, 3.05) is 32.1 Å². The number of rotatable bonds is 8. The monoisotopic (exact) mass is 413 g/mol. The van der Waals surface area contributed by atoms with Gasteiger partial charge in [0.1, 0.15) is 9.84 Å². The Morgan fingerprint density at radius 1 is 1.26 bits per heavy atom. The van der Waals surface area contributed by atoms with Gasteiger partial charge >= 0.3 is 0 Å². The van der Waals surface area contributed by atoms with Crippen molar-refractivity contribution >= 4 is 27.1 Å². The Kier molecular flexibility index (Phi) is 7.74. The molecule has 0 aliphatic heterocycles. The van der Waals surface area contributed by atoms with Crippen LogP contribution in [-0.4, -0.2) is 46.5 Å². The number of guanidine groups is 1. The maximum atomic E-state index is 11.4. The lowest BCUT2D eigenvalue weighted by Crippen LogP contribution is -2.48. The predicted octanol–water partition coefficient (Wildman–Crippen LogP) is 3.58. The van der Waals surface area contributed by atoms with E-state index in [0.29, 0.717) is 13.0 Å². The number of nitrogens with zero attached hydrogens (tertiary/aromatic N) is 1. The maximum absolute atomic E-state index is 11.4. The summed E-state index contributed by atoms with van der Waals surface area (Å²) >= 11 is 1.86. The molecule has 1 saturated carbocycles. The van der Waals surface area contributed by atoms with Crippen LogP contribution in [0.4, 0.5) is 0 Å². The van der Waals surface area contributed by atoms with Crippen LogP contribution in [0.25, 0.3) is 0 Å². The summed E-state index contributed by atoms with van der Waals surface area (Å²) in [5.74, 6) is 1.01. The maximum Gasteiger partial charge on any atom is 0.191 e. The normalized spacial score (nSPS) is 18.3. The van der Waals surface area contributed by atoms with Crippen LogP contribution in [0.2, 0.25) is 0 Å². The molecule has 1 fully saturated rings. The van der Waals surface area contributed by atoms with Gasteiger partial charge in [0.2, 0.25) is 0 Å². The van der Waals surface area contributed by atoms with E-state index >= 15 is 0 Å². The van der Waals surface area contributed by atoms with Crippen LogP contribution in [0, 0.1) is 5.41 Å². The zero-order chi connectivity index (χ0) is 20.0. The fourth-order valence-corrected chi connectivity index (χ4v) is 5.58. The van der Waals surface area contributed by atoms with Crippen molar-refractivity contribution < 1.29 is 8.42 Å². The highest BCUT2D eigenvalue weighted by Gasteiger charge is 2.35. The van der Waals surface area contributed by atoms with E-state index in [1.165, 1.54) is 43.2 Å². The quantitative estimate of drug-likeness (QED) is 0.505. The first-order valence-corrected chi connectivity index (χ1v) is 12.8. The lowest BCUT2D eigenvalue weighted by atomic mass is 9.73. The molecule has 5 nitrogen and oxygen atoms in total. The second-order valence-corrected chi connectivity index (χ2v) is 11.8. The molecule has 1 aliphatic carbocycles. The summed E-state index contributed by atoms with van der Waals surface area (Å²) in [6, 6.07) is 4.41. The van der Waals surface area contributed by atoms with Gasteiger partial charge in [0.15, 0.2) is 5.96 Å². The molecule has 154 valence electrons. The van der Waals surface area contributed by atoms with E-state index in [1.807, 2.05) is 11.3 Å². The molecule has 0 aromatic carbocycles. The van der Waals surface area contributed by atoms with Crippen LogP contribution in [0.15, 0.2) is 22.5 Å².